The first kappa shape index (κ1) is 14.1. The van der Waals surface area contributed by atoms with Gasteiger partial charge >= 0.3 is 5.97 Å². The summed E-state index contributed by atoms with van der Waals surface area (Å²) in [4.78, 5) is 11.0. The van der Waals surface area contributed by atoms with Crippen LogP contribution in [0.1, 0.15) is 53.9 Å². The van der Waals surface area contributed by atoms with Crippen molar-refractivity contribution in [2.75, 3.05) is 5.73 Å². The SMILES string of the molecule is Nc1c(C(=O)O)cccc1C1CCCCC1.[AlH3]. The molecule has 0 aromatic heterocycles. The normalized spacial score (nSPS) is 16.2. The summed E-state index contributed by atoms with van der Waals surface area (Å²) in [5.74, 6) is -0.483. The molecule has 1 aliphatic rings. The number of carboxylic acid groups (broad SMARTS) is 1. The number of hydrogen-bond donors (Lipinski definition) is 2. The zero-order valence-electron chi connectivity index (χ0n) is 9.28. The molecule has 1 aromatic rings. The van der Waals surface area contributed by atoms with Crippen LogP contribution < -0.4 is 5.73 Å². The number of aromatic carboxylic acids is 1. The van der Waals surface area contributed by atoms with Crippen LogP contribution in [-0.4, -0.2) is 28.4 Å². The molecule has 0 aliphatic heterocycles. The summed E-state index contributed by atoms with van der Waals surface area (Å²) in [5.41, 5.74) is 7.66. The van der Waals surface area contributed by atoms with Crippen molar-refractivity contribution in [2.24, 2.45) is 0 Å². The molecule has 1 saturated carbocycles. The first-order valence-corrected chi connectivity index (χ1v) is 5.82. The number of benzene rings is 1. The van der Waals surface area contributed by atoms with Crippen molar-refractivity contribution in [3.05, 3.63) is 29.3 Å². The second-order valence-electron chi connectivity index (χ2n) is 4.45. The van der Waals surface area contributed by atoms with E-state index < -0.39 is 5.97 Å². The first-order chi connectivity index (χ1) is 7.70. The molecule has 17 heavy (non-hydrogen) atoms. The molecule has 0 unspecified atom stereocenters. The highest BCUT2D eigenvalue weighted by molar-refractivity contribution is 5.94. The van der Waals surface area contributed by atoms with Gasteiger partial charge in [-0.2, -0.15) is 0 Å². The van der Waals surface area contributed by atoms with Gasteiger partial charge in [-0.3, -0.25) is 0 Å². The van der Waals surface area contributed by atoms with E-state index in [4.69, 9.17) is 10.8 Å². The largest absolute Gasteiger partial charge is 0.478 e. The Kier molecular flexibility index (Phi) is 5.05. The van der Waals surface area contributed by atoms with Crippen LogP contribution in [0.3, 0.4) is 0 Å². The van der Waals surface area contributed by atoms with E-state index in [0.717, 1.165) is 18.4 Å². The van der Waals surface area contributed by atoms with Gasteiger partial charge in [-0.25, -0.2) is 4.79 Å². The van der Waals surface area contributed by atoms with Gasteiger partial charge in [0.05, 0.1) is 5.56 Å². The fourth-order valence-corrected chi connectivity index (χ4v) is 2.54. The highest BCUT2D eigenvalue weighted by atomic mass is 27.0. The summed E-state index contributed by atoms with van der Waals surface area (Å²) in [6, 6.07) is 5.34. The van der Waals surface area contributed by atoms with E-state index in [1.165, 1.54) is 19.3 Å². The second kappa shape index (κ2) is 6.09. The smallest absolute Gasteiger partial charge is 0.337 e. The summed E-state index contributed by atoms with van der Waals surface area (Å²) in [6.07, 6.45) is 6.00. The third-order valence-corrected chi connectivity index (χ3v) is 3.42. The van der Waals surface area contributed by atoms with Crippen molar-refractivity contribution in [3.8, 4) is 0 Å². The number of nitrogens with two attached hydrogens (primary N) is 1. The highest BCUT2D eigenvalue weighted by Crippen LogP contribution is 2.36. The quantitative estimate of drug-likeness (QED) is 0.621. The van der Waals surface area contributed by atoms with Gasteiger partial charge in [-0.1, -0.05) is 31.4 Å². The van der Waals surface area contributed by atoms with E-state index in [1.807, 2.05) is 6.07 Å². The minimum atomic E-state index is -0.935. The molecule has 0 amide bonds. The Morgan fingerprint density at radius 3 is 2.47 bits per heavy atom. The maximum Gasteiger partial charge on any atom is 0.337 e. The second-order valence-corrected chi connectivity index (χ2v) is 4.45. The van der Waals surface area contributed by atoms with E-state index in [0.29, 0.717) is 11.6 Å². The van der Waals surface area contributed by atoms with Gasteiger partial charge in [0.25, 0.3) is 0 Å². The van der Waals surface area contributed by atoms with E-state index in [-0.39, 0.29) is 22.9 Å². The molecule has 0 spiro atoms. The summed E-state index contributed by atoms with van der Waals surface area (Å²) in [6.45, 7) is 0. The van der Waals surface area contributed by atoms with Crippen molar-refractivity contribution < 1.29 is 9.90 Å². The van der Waals surface area contributed by atoms with Crippen LogP contribution in [0.4, 0.5) is 5.69 Å². The van der Waals surface area contributed by atoms with Crippen molar-refractivity contribution in [2.45, 2.75) is 38.0 Å². The summed E-state index contributed by atoms with van der Waals surface area (Å²) < 4.78 is 0. The highest BCUT2D eigenvalue weighted by Gasteiger charge is 2.20. The Morgan fingerprint density at radius 1 is 1.24 bits per heavy atom. The van der Waals surface area contributed by atoms with E-state index in [9.17, 15) is 4.79 Å². The Morgan fingerprint density at radius 2 is 1.88 bits per heavy atom. The number of anilines is 1. The van der Waals surface area contributed by atoms with Crippen LogP contribution in [0.25, 0.3) is 0 Å². The Balaban J connectivity index is 0.00000144. The number of carbonyl (C=O) groups is 1. The van der Waals surface area contributed by atoms with Gasteiger partial charge < -0.3 is 10.8 Å². The maximum atomic E-state index is 11.0. The lowest BCUT2D eigenvalue weighted by atomic mass is 9.83. The van der Waals surface area contributed by atoms with Crippen LogP contribution in [0, 0.1) is 0 Å². The van der Waals surface area contributed by atoms with Gasteiger partial charge in [0.1, 0.15) is 0 Å². The minimum Gasteiger partial charge on any atom is -0.478 e. The summed E-state index contributed by atoms with van der Waals surface area (Å²) >= 11 is 0. The van der Waals surface area contributed by atoms with Gasteiger partial charge in [-0.15, -0.1) is 0 Å². The van der Waals surface area contributed by atoms with Crippen LogP contribution in [0.15, 0.2) is 18.2 Å². The summed E-state index contributed by atoms with van der Waals surface area (Å²) in [5, 5.41) is 9.01. The van der Waals surface area contributed by atoms with Crippen molar-refractivity contribution in [1.82, 2.24) is 0 Å². The standard InChI is InChI=1S/C13H17NO2.Al.3H/c14-12-10(9-5-2-1-3-6-9)7-4-8-11(12)13(15)16;;;;/h4,7-9H,1-3,5-6,14H2,(H,15,16);;;;. The summed E-state index contributed by atoms with van der Waals surface area (Å²) in [7, 11) is 0. The van der Waals surface area contributed by atoms with E-state index >= 15 is 0 Å². The molecule has 0 bridgehead atoms. The molecule has 0 radical (unpaired) electrons. The molecule has 0 atom stereocenters. The van der Waals surface area contributed by atoms with Gasteiger partial charge in [0.2, 0.25) is 0 Å². The molecule has 4 heteroatoms. The van der Waals surface area contributed by atoms with Crippen LogP contribution in [-0.2, 0) is 0 Å². The van der Waals surface area contributed by atoms with Gasteiger partial charge in [-0.05, 0) is 30.4 Å². The number of hydrogen-bond acceptors (Lipinski definition) is 2. The number of carboxylic acids is 1. The Bertz CT molecular complexity index is 400. The monoisotopic (exact) mass is 249 g/mol. The fourth-order valence-electron chi connectivity index (χ4n) is 2.54. The van der Waals surface area contributed by atoms with Crippen LogP contribution >= 0.6 is 0 Å². The van der Waals surface area contributed by atoms with Crippen LogP contribution in [0.2, 0.25) is 0 Å². The van der Waals surface area contributed by atoms with Crippen molar-refractivity contribution in [1.29, 1.82) is 0 Å². The minimum absolute atomic E-state index is 0. The first-order valence-electron chi connectivity index (χ1n) is 5.82. The molecule has 1 aromatic carbocycles. The number of nitrogen functional groups attached to an aromatic ring is 1. The van der Waals surface area contributed by atoms with E-state index in [2.05, 4.69) is 0 Å². The van der Waals surface area contributed by atoms with Gasteiger partial charge in [0.15, 0.2) is 17.4 Å². The lowest BCUT2D eigenvalue weighted by Gasteiger charge is -2.23. The number of para-hydroxylation sites is 1. The molecule has 92 valence electrons. The lowest BCUT2D eigenvalue weighted by molar-refractivity contribution is 0.0698. The van der Waals surface area contributed by atoms with Crippen molar-refractivity contribution in [3.63, 3.8) is 0 Å². The molecule has 1 aliphatic carbocycles. The lowest BCUT2D eigenvalue weighted by Crippen LogP contribution is -2.11. The predicted octanol–water partition coefficient (Wildman–Crippen LogP) is 1.83. The van der Waals surface area contributed by atoms with Crippen LogP contribution in [0.5, 0.6) is 0 Å². The third-order valence-electron chi connectivity index (χ3n) is 3.42. The average Bonchev–Trinajstić information content (AvgIpc) is 2.30. The number of rotatable bonds is 2. The molecule has 1 fully saturated rings. The molecular formula is C13H20AlNO2. The molecule has 3 N–H and O–H groups in total. The topological polar surface area (TPSA) is 63.3 Å². The third kappa shape index (κ3) is 3.02. The Labute approximate surface area is 112 Å². The molecule has 0 saturated heterocycles. The van der Waals surface area contributed by atoms with Crippen molar-refractivity contribution >= 4 is 29.0 Å². The molecule has 3 nitrogen and oxygen atoms in total. The Hall–Kier alpha value is -0.978. The zero-order chi connectivity index (χ0) is 11.5. The molecule has 0 heterocycles. The van der Waals surface area contributed by atoms with E-state index in [1.54, 1.807) is 12.1 Å². The maximum absolute atomic E-state index is 11.0. The average molecular weight is 249 g/mol. The fraction of sp³-hybridized carbons (Fsp3) is 0.462. The predicted molar refractivity (Wildman–Crippen MR) is 73.6 cm³/mol. The zero-order valence-corrected chi connectivity index (χ0v) is 9.28. The van der Waals surface area contributed by atoms with Gasteiger partial charge in [0, 0.05) is 5.69 Å². The molecular weight excluding hydrogens is 229 g/mol. The molecule has 2 rings (SSSR count).